The van der Waals surface area contributed by atoms with Gasteiger partial charge < -0.3 is 5.32 Å². The minimum atomic E-state index is -0.184. The maximum Gasteiger partial charge on any atom is 0.227 e. The smallest absolute Gasteiger partial charge is 0.227 e. The highest BCUT2D eigenvalue weighted by atomic mass is 32.2. The molecule has 4 rings (SSSR count). The predicted octanol–water partition coefficient (Wildman–Crippen LogP) is 3.66. The lowest BCUT2D eigenvalue weighted by Gasteiger charge is -2.34. The summed E-state index contributed by atoms with van der Waals surface area (Å²) in [7, 11) is 0. The molecule has 5 nitrogen and oxygen atoms in total. The SMILES string of the molecule is CCSc1nc2n(n1)C(c1ccccc1)C1=C(CC(C)CC1=O)N2. The number of hydrogen-bond donors (Lipinski definition) is 1. The molecule has 0 fully saturated rings. The molecule has 24 heavy (non-hydrogen) atoms. The molecule has 2 unspecified atom stereocenters. The molecule has 0 saturated heterocycles. The molecule has 1 aromatic carbocycles. The summed E-state index contributed by atoms with van der Waals surface area (Å²) < 4.78 is 1.88. The molecule has 2 heterocycles. The lowest BCUT2D eigenvalue weighted by Crippen LogP contribution is -2.33. The second-order valence-electron chi connectivity index (χ2n) is 6.36. The van der Waals surface area contributed by atoms with Crippen LogP contribution in [0.2, 0.25) is 0 Å². The van der Waals surface area contributed by atoms with E-state index < -0.39 is 0 Å². The molecular weight excluding hydrogens is 320 g/mol. The van der Waals surface area contributed by atoms with Crippen molar-refractivity contribution < 1.29 is 4.79 Å². The Morgan fingerprint density at radius 1 is 1.29 bits per heavy atom. The highest BCUT2D eigenvalue weighted by Crippen LogP contribution is 2.41. The number of carbonyl (C=O) groups excluding carboxylic acids is 1. The van der Waals surface area contributed by atoms with Gasteiger partial charge in [-0.3, -0.25) is 4.79 Å². The summed E-state index contributed by atoms with van der Waals surface area (Å²) in [5, 5.41) is 8.79. The second-order valence-corrected chi connectivity index (χ2v) is 7.59. The maximum absolute atomic E-state index is 12.8. The van der Waals surface area contributed by atoms with E-state index >= 15 is 0 Å². The fraction of sp³-hybridized carbons (Fsp3) is 0.389. The van der Waals surface area contributed by atoms with Crippen molar-refractivity contribution in [3.05, 3.63) is 47.2 Å². The average Bonchev–Trinajstić information content (AvgIpc) is 2.95. The van der Waals surface area contributed by atoms with Gasteiger partial charge in [0.05, 0.1) is 0 Å². The fourth-order valence-corrected chi connectivity index (χ4v) is 4.08. The van der Waals surface area contributed by atoms with Gasteiger partial charge in [0, 0.05) is 17.7 Å². The highest BCUT2D eigenvalue weighted by Gasteiger charge is 2.38. The first kappa shape index (κ1) is 15.4. The van der Waals surface area contributed by atoms with Gasteiger partial charge in [0.25, 0.3) is 0 Å². The lowest BCUT2D eigenvalue weighted by atomic mass is 9.81. The Morgan fingerprint density at radius 2 is 2.08 bits per heavy atom. The zero-order chi connectivity index (χ0) is 16.7. The number of benzene rings is 1. The molecule has 1 aliphatic heterocycles. The van der Waals surface area contributed by atoms with E-state index in [0.717, 1.165) is 40.1 Å². The van der Waals surface area contributed by atoms with Gasteiger partial charge in [-0.2, -0.15) is 4.98 Å². The van der Waals surface area contributed by atoms with Gasteiger partial charge in [0.15, 0.2) is 5.78 Å². The van der Waals surface area contributed by atoms with Crippen molar-refractivity contribution in [3.63, 3.8) is 0 Å². The zero-order valence-electron chi connectivity index (χ0n) is 13.8. The molecule has 2 aromatic rings. The van der Waals surface area contributed by atoms with Crippen LogP contribution in [0.4, 0.5) is 5.95 Å². The lowest BCUT2D eigenvalue weighted by molar-refractivity contribution is -0.117. The second kappa shape index (κ2) is 6.09. The number of nitrogens with zero attached hydrogens (tertiary/aromatic N) is 3. The minimum Gasteiger partial charge on any atom is -0.328 e. The monoisotopic (exact) mass is 340 g/mol. The van der Waals surface area contributed by atoms with Crippen LogP contribution < -0.4 is 5.32 Å². The summed E-state index contributed by atoms with van der Waals surface area (Å²) in [5.74, 6) is 2.23. The summed E-state index contributed by atoms with van der Waals surface area (Å²) in [5.41, 5.74) is 2.94. The molecule has 2 atom stereocenters. The van der Waals surface area contributed by atoms with Crippen molar-refractivity contribution in [2.75, 3.05) is 11.1 Å². The largest absolute Gasteiger partial charge is 0.328 e. The number of nitrogens with one attached hydrogen (secondary N) is 1. The standard InChI is InChI=1S/C18H20N4OS/c1-3-24-18-20-17-19-13-9-11(2)10-14(23)15(13)16(22(17)21-18)12-7-5-4-6-8-12/h4-8,11,16H,3,9-10H2,1-2H3,(H,19,20,21). The number of fused-ring (bicyclic) bond motifs is 1. The Morgan fingerprint density at radius 3 is 2.83 bits per heavy atom. The van der Waals surface area contributed by atoms with Gasteiger partial charge in [-0.1, -0.05) is 55.9 Å². The van der Waals surface area contributed by atoms with Gasteiger partial charge in [-0.15, -0.1) is 5.10 Å². The number of anilines is 1. The van der Waals surface area contributed by atoms with Gasteiger partial charge in [0.2, 0.25) is 11.1 Å². The summed E-state index contributed by atoms with van der Waals surface area (Å²) in [4.78, 5) is 17.4. The normalized spacial score (nSPS) is 22.8. The van der Waals surface area contributed by atoms with Crippen LogP contribution in [-0.2, 0) is 4.79 Å². The van der Waals surface area contributed by atoms with Crippen LogP contribution in [0.5, 0.6) is 0 Å². The van der Waals surface area contributed by atoms with Gasteiger partial charge in [-0.05, 0) is 23.7 Å². The van der Waals surface area contributed by atoms with E-state index in [0.29, 0.717) is 12.3 Å². The topological polar surface area (TPSA) is 59.8 Å². The third kappa shape index (κ3) is 2.55. The maximum atomic E-state index is 12.8. The van der Waals surface area contributed by atoms with Crippen LogP contribution in [0, 0.1) is 5.92 Å². The Labute approximate surface area is 145 Å². The van der Waals surface area contributed by atoms with Crippen molar-refractivity contribution in [1.29, 1.82) is 0 Å². The van der Waals surface area contributed by atoms with Crippen molar-refractivity contribution in [1.82, 2.24) is 14.8 Å². The molecular formula is C18H20N4OS. The molecule has 1 N–H and O–H groups in total. The average molecular weight is 340 g/mol. The number of hydrogen-bond acceptors (Lipinski definition) is 5. The first-order valence-electron chi connectivity index (χ1n) is 8.35. The highest BCUT2D eigenvalue weighted by molar-refractivity contribution is 7.99. The number of Topliss-reactive ketones (excluding diaryl/α,β-unsaturated/α-hetero) is 1. The van der Waals surface area contributed by atoms with Crippen LogP contribution >= 0.6 is 11.8 Å². The number of ketones is 1. The van der Waals surface area contributed by atoms with Crippen LogP contribution in [0.15, 0.2) is 46.8 Å². The molecule has 124 valence electrons. The van der Waals surface area contributed by atoms with E-state index in [4.69, 9.17) is 0 Å². The van der Waals surface area contributed by atoms with Crippen molar-refractivity contribution in [2.45, 2.75) is 37.9 Å². The zero-order valence-corrected chi connectivity index (χ0v) is 14.6. The molecule has 2 aliphatic rings. The number of carbonyl (C=O) groups is 1. The van der Waals surface area contributed by atoms with Crippen molar-refractivity contribution in [3.8, 4) is 0 Å². The van der Waals surface area contributed by atoms with E-state index in [1.165, 1.54) is 0 Å². The van der Waals surface area contributed by atoms with Crippen LogP contribution in [-0.4, -0.2) is 26.3 Å². The van der Waals surface area contributed by atoms with Gasteiger partial charge >= 0.3 is 0 Å². The summed E-state index contributed by atoms with van der Waals surface area (Å²) in [6, 6.07) is 9.94. The molecule has 0 bridgehead atoms. The minimum absolute atomic E-state index is 0.184. The van der Waals surface area contributed by atoms with E-state index in [-0.39, 0.29) is 11.8 Å². The van der Waals surface area contributed by atoms with Gasteiger partial charge in [0.1, 0.15) is 6.04 Å². The Bertz CT molecular complexity index is 812. The third-order valence-electron chi connectivity index (χ3n) is 4.49. The molecule has 0 amide bonds. The van der Waals surface area contributed by atoms with E-state index in [1.54, 1.807) is 11.8 Å². The Kier molecular flexibility index (Phi) is 3.92. The number of allylic oxidation sites excluding steroid dienone is 2. The van der Waals surface area contributed by atoms with Gasteiger partial charge in [-0.25, -0.2) is 4.68 Å². The number of rotatable bonds is 3. The predicted molar refractivity (Wildman–Crippen MR) is 95.1 cm³/mol. The van der Waals surface area contributed by atoms with E-state index in [9.17, 15) is 4.79 Å². The summed E-state index contributed by atoms with van der Waals surface area (Å²) >= 11 is 1.61. The fourth-order valence-electron chi connectivity index (χ4n) is 3.52. The number of thioether (sulfide) groups is 1. The molecule has 0 radical (unpaired) electrons. The van der Waals surface area contributed by atoms with Crippen LogP contribution in [0.3, 0.4) is 0 Å². The molecule has 1 aromatic heterocycles. The Balaban J connectivity index is 1.87. The van der Waals surface area contributed by atoms with Crippen LogP contribution in [0.25, 0.3) is 0 Å². The van der Waals surface area contributed by atoms with Crippen molar-refractivity contribution >= 4 is 23.5 Å². The van der Waals surface area contributed by atoms with Crippen molar-refractivity contribution in [2.24, 2.45) is 5.92 Å². The first-order valence-corrected chi connectivity index (χ1v) is 9.33. The van der Waals surface area contributed by atoms with Crippen LogP contribution in [0.1, 0.15) is 38.3 Å². The molecule has 1 aliphatic carbocycles. The number of aromatic nitrogens is 3. The summed E-state index contributed by atoms with van der Waals surface area (Å²) in [6.45, 7) is 4.21. The molecule has 0 saturated carbocycles. The molecule has 0 spiro atoms. The summed E-state index contributed by atoms with van der Waals surface area (Å²) in [6.07, 6.45) is 1.48. The van der Waals surface area contributed by atoms with E-state index in [1.807, 2.05) is 22.9 Å². The third-order valence-corrected chi connectivity index (χ3v) is 5.21. The Hall–Kier alpha value is -2.08. The van der Waals surface area contributed by atoms with E-state index in [2.05, 4.69) is 41.4 Å². The molecule has 6 heteroatoms. The first-order chi connectivity index (χ1) is 11.7. The quantitative estimate of drug-likeness (QED) is 0.864.